The molecule has 3 heterocycles. The van der Waals surface area contributed by atoms with Crippen molar-refractivity contribution in [3.63, 3.8) is 0 Å². The molecular formula is C57H80GdN5O16. The molecule has 437 valence electrons. The molecule has 2 aromatic rings. The van der Waals surface area contributed by atoms with Crippen LogP contribution in [0.5, 0.6) is 11.5 Å². The van der Waals surface area contributed by atoms with E-state index in [1.165, 1.54) is 25.0 Å². The minimum absolute atomic E-state index is 0. The average molecular weight is 1250 g/mol. The number of methoxy groups -OCH3 is 2. The van der Waals surface area contributed by atoms with Gasteiger partial charge in [-0.25, -0.2) is 4.99 Å². The predicted octanol–water partition coefficient (Wildman–Crippen LogP) is 5.72. The Morgan fingerprint density at radius 2 is 1.06 bits per heavy atom. The van der Waals surface area contributed by atoms with Gasteiger partial charge in [0.2, 0.25) is 0 Å². The summed E-state index contributed by atoms with van der Waals surface area (Å²) in [6.45, 7) is 23.0. The number of nitrogens with zero attached hydrogens (tertiary/aromatic N) is 5. The second kappa shape index (κ2) is 42.6. The number of hydrogen-bond acceptors (Lipinski definition) is 20. The third kappa shape index (κ3) is 29.1. The molecule has 4 rings (SSSR count). The molecule has 0 atom stereocenters. The molecule has 1 aromatic carbocycles. The molecule has 0 N–H and O–H groups in total. The minimum Gasteiger partial charge on any atom is -0.657 e. The van der Waals surface area contributed by atoms with E-state index in [9.17, 15) is 9.59 Å². The van der Waals surface area contributed by atoms with Crippen molar-refractivity contribution in [1.29, 1.82) is 0 Å². The zero-order valence-electron chi connectivity index (χ0n) is 47.6. The third-order valence-electron chi connectivity index (χ3n) is 11.2. The number of rotatable bonds is 36. The first-order valence-corrected chi connectivity index (χ1v) is 26.0. The maximum Gasteiger partial charge on any atom is 3.00 e. The molecule has 2 aliphatic rings. The van der Waals surface area contributed by atoms with Gasteiger partial charge in [0.25, 0.3) is 0 Å². The second-order valence-electron chi connectivity index (χ2n) is 17.1. The van der Waals surface area contributed by atoms with Crippen LogP contribution in [0.15, 0.2) is 66.7 Å². The first-order valence-electron chi connectivity index (χ1n) is 26.0. The number of carbonyl (C=O) groups is 4. The van der Waals surface area contributed by atoms with Gasteiger partial charge < -0.3 is 72.2 Å². The maximum atomic E-state index is 11.6. The van der Waals surface area contributed by atoms with Crippen LogP contribution in [0.4, 0.5) is 11.4 Å². The van der Waals surface area contributed by atoms with Gasteiger partial charge in [-0.2, -0.15) is 0 Å². The van der Waals surface area contributed by atoms with Gasteiger partial charge in [-0.1, -0.05) is 37.1 Å². The van der Waals surface area contributed by atoms with Gasteiger partial charge in [0.1, 0.15) is 13.2 Å². The molecule has 22 heteroatoms. The summed E-state index contributed by atoms with van der Waals surface area (Å²) < 4.78 is 55.8. The van der Waals surface area contributed by atoms with Crippen molar-refractivity contribution in [1.82, 2.24) is 4.98 Å². The molecule has 79 heavy (non-hydrogen) atoms. The molecule has 0 saturated carbocycles. The molecule has 0 spiro atoms. The molecule has 1 radical (unpaired) electrons. The van der Waals surface area contributed by atoms with Crippen LogP contribution >= 0.6 is 0 Å². The number of aliphatic imine (C=N–C) groups is 4. The van der Waals surface area contributed by atoms with Crippen LogP contribution in [-0.4, -0.2) is 161 Å². The Labute approximate surface area is 497 Å². The summed E-state index contributed by atoms with van der Waals surface area (Å²) in [6, 6.07) is 3.60. The fourth-order valence-corrected chi connectivity index (χ4v) is 7.52. The van der Waals surface area contributed by atoms with E-state index in [-0.39, 0.29) is 71.7 Å². The molecule has 2 aliphatic heterocycles. The van der Waals surface area contributed by atoms with Gasteiger partial charge in [0.15, 0.2) is 11.5 Å². The number of aromatic nitrogens is 1. The van der Waals surface area contributed by atoms with Crippen molar-refractivity contribution >= 4 is 71.3 Å². The van der Waals surface area contributed by atoms with Crippen LogP contribution in [0.1, 0.15) is 104 Å². The summed E-state index contributed by atoms with van der Waals surface area (Å²) in [6.07, 6.45) is 11.7. The Morgan fingerprint density at radius 3 is 1.51 bits per heavy atom. The number of esters is 2. The molecule has 0 bridgehead atoms. The smallest absolute Gasteiger partial charge is 0.657 e. The summed E-state index contributed by atoms with van der Waals surface area (Å²) >= 11 is 0. The molecule has 0 saturated heterocycles. The van der Waals surface area contributed by atoms with Gasteiger partial charge in [-0.3, -0.25) is 24.6 Å². The molecule has 0 amide bonds. The summed E-state index contributed by atoms with van der Waals surface area (Å²) in [5.74, 6) is -1.91. The molecule has 1 aromatic heterocycles. The van der Waals surface area contributed by atoms with Crippen molar-refractivity contribution in [3.8, 4) is 11.5 Å². The Kier molecular flexibility index (Phi) is 38.6. The average Bonchev–Trinajstić information content (AvgIpc) is 4.06. The molecule has 0 aliphatic carbocycles. The number of benzene rings is 1. The Bertz CT molecular complexity index is 2440. The quantitative estimate of drug-likeness (QED) is 0.0449. The standard InChI is InChI=1S/C53H74N5O12.2C2H4O2.Gd/c1-10-42-43(11-2)46(57-45(42)12-3)31-47-44(16-14-18-68-40(7)60)38(5)51(58-47)36-56-49-33-53(70-30-28-66-26-24-64-22-20-62-9)52(69-29-27-65-25-23-63-21-19-61-8)32-48(49)55-35-50-37(4)41(34-54-50)15-13-17-67-39(6)59;2*1-2(3)4;/h12,31-33,35-36H,3,10-11,13-30,34H2,1-2,4-9H3;2*1H3,(H,3,4);/q-1;;;+3/p-2. The Hall–Kier alpha value is -5.30. The van der Waals surface area contributed by atoms with Crippen molar-refractivity contribution in [2.24, 2.45) is 20.0 Å². The summed E-state index contributed by atoms with van der Waals surface area (Å²) in [5, 5.41) is 17.8. The largest absolute Gasteiger partial charge is 3.00 e. The minimum atomic E-state index is -1.08. The first kappa shape index (κ1) is 71.7. The second-order valence-corrected chi connectivity index (χ2v) is 17.1. The number of allylic oxidation sites excluding steroid dienone is 3. The van der Waals surface area contributed by atoms with E-state index in [2.05, 4.69) is 20.4 Å². The topological polar surface area (TPSA) is 270 Å². The fourth-order valence-electron chi connectivity index (χ4n) is 7.52. The number of carboxylic acid groups (broad SMARTS) is 2. The normalized spacial score (nSPS) is 13.4. The monoisotopic (exact) mass is 1250 g/mol. The van der Waals surface area contributed by atoms with Crippen molar-refractivity contribution in [2.45, 2.75) is 93.9 Å². The zero-order chi connectivity index (χ0) is 57.7. The number of carboxylic acids is 2. The Morgan fingerprint density at radius 1 is 0.633 bits per heavy atom. The molecule has 0 fully saturated rings. The Balaban J connectivity index is 0.00000324. The summed E-state index contributed by atoms with van der Waals surface area (Å²) in [4.78, 5) is 65.6. The van der Waals surface area contributed by atoms with Crippen LogP contribution in [0, 0.1) is 39.9 Å². The van der Waals surface area contributed by atoms with E-state index in [0.29, 0.717) is 127 Å². The summed E-state index contributed by atoms with van der Waals surface area (Å²) in [7, 11) is 3.26. The maximum absolute atomic E-state index is 11.6. The van der Waals surface area contributed by atoms with Crippen LogP contribution in [0.3, 0.4) is 0 Å². The first-order chi connectivity index (χ1) is 37.5. The third-order valence-corrected chi connectivity index (χ3v) is 11.2. The van der Waals surface area contributed by atoms with Gasteiger partial charge in [-0.05, 0) is 88.5 Å². The van der Waals surface area contributed by atoms with Crippen LogP contribution < -0.4 is 24.7 Å². The van der Waals surface area contributed by atoms with E-state index in [4.69, 9.17) is 92.1 Å². The number of ether oxygens (including phenoxy) is 10. The van der Waals surface area contributed by atoms with Gasteiger partial charge in [0.05, 0.1) is 127 Å². The van der Waals surface area contributed by atoms with Crippen molar-refractivity contribution in [3.05, 3.63) is 69.2 Å². The van der Waals surface area contributed by atoms with Crippen LogP contribution in [0.25, 0.3) is 12.2 Å². The summed E-state index contributed by atoms with van der Waals surface area (Å²) in [5.41, 5.74) is 11.4. The van der Waals surface area contributed by atoms with E-state index in [1.54, 1.807) is 44.9 Å². The predicted molar refractivity (Wildman–Crippen MR) is 296 cm³/mol. The SMILES string of the molecule is C=Cc1[n-]c(/C=C2/N=C(C=Nc3cc(OCCOCCOCCOC)c(OCCOCCOCCOC)cc3N=CC3=NCC(CCCOC(C)=O)=C3C)C(C)=C2CCCOC(C)=O)c(CC)c1CC.CC(=O)[O-].CC(=O)[O-].[Gd+3]. The zero-order valence-corrected chi connectivity index (χ0v) is 49.9. The van der Waals surface area contributed by atoms with Crippen LogP contribution in [-0.2, 0) is 69.9 Å². The van der Waals surface area contributed by atoms with E-state index in [1.807, 2.05) is 19.9 Å². The van der Waals surface area contributed by atoms with Gasteiger partial charge >= 0.3 is 51.9 Å². The van der Waals surface area contributed by atoms with E-state index < -0.39 is 11.9 Å². The number of aliphatic carboxylic acids is 2. The van der Waals surface area contributed by atoms with Gasteiger partial charge in [0, 0.05) is 52.1 Å². The van der Waals surface area contributed by atoms with Crippen molar-refractivity contribution in [2.75, 3.05) is 113 Å². The molecular weight excluding hydrogens is 1170 g/mol. The fraction of sp³-hybridized carbons (Fsp3) is 0.544. The van der Waals surface area contributed by atoms with E-state index in [0.717, 1.165) is 78.2 Å². The van der Waals surface area contributed by atoms with Crippen molar-refractivity contribution < 1.29 is 117 Å². The number of carbonyl (C=O) groups excluding carboxylic acids is 4. The van der Waals surface area contributed by atoms with Crippen LogP contribution in [0.2, 0.25) is 0 Å². The number of hydrogen-bond donors (Lipinski definition) is 0. The van der Waals surface area contributed by atoms with E-state index >= 15 is 0 Å². The molecule has 21 nitrogen and oxygen atoms in total. The van der Waals surface area contributed by atoms with Gasteiger partial charge in [-0.15, -0.1) is 18.0 Å². The molecule has 0 unspecified atom stereocenters.